The van der Waals surface area contributed by atoms with Crippen LogP contribution in [0.5, 0.6) is 0 Å². The first-order chi connectivity index (χ1) is 10.6. The van der Waals surface area contributed by atoms with Gasteiger partial charge in [0.05, 0.1) is 5.25 Å². The summed E-state index contributed by atoms with van der Waals surface area (Å²) in [7, 11) is -3.14. The molecule has 120 valence electrons. The van der Waals surface area contributed by atoms with Crippen molar-refractivity contribution in [3.63, 3.8) is 0 Å². The van der Waals surface area contributed by atoms with Gasteiger partial charge in [-0.25, -0.2) is 12.7 Å². The molecule has 3 rings (SSSR count). The summed E-state index contributed by atoms with van der Waals surface area (Å²) in [5.74, 6) is 0.0885. The molecule has 0 radical (unpaired) electrons. The Kier molecular flexibility index (Phi) is 4.64. The Balaban J connectivity index is 1.56. The van der Waals surface area contributed by atoms with Crippen LogP contribution in [0.15, 0.2) is 30.3 Å². The highest BCUT2D eigenvalue weighted by Gasteiger charge is 2.42. The van der Waals surface area contributed by atoms with E-state index in [4.69, 9.17) is 0 Å². The lowest BCUT2D eigenvalue weighted by atomic mass is 9.91. The molecule has 22 heavy (non-hydrogen) atoms. The van der Waals surface area contributed by atoms with Crippen molar-refractivity contribution in [3.05, 3.63) is 35.9 Å². The first-order valence-electron chi connectivity index (χ1n) is 8.13. The molecule has 0 N–H and O–H groups in total. The number of carbonyl (C=O) groups excluding carboxylic acids is 1. The molecule has 4 nitrogen and oxygen atoms in total. The molecule has 0 spiro atoms. The van der Waals surface area contributed by atoms with Gasteiger partial charge < -0.3 is 0 Å². The second kappa shape index (κ2) is 6.50. The molecule has 0 unspecified atom stereocenters. The third-order valence-corrected chi connectivity index (χ3v) is 7.01. The van der Waals surface area contributed by atoms with Crippen LogP contribution in [0.2, 0.25) is 0 Å². The van der Waals surface area contributed by atoms with E-state index in [2.05, 4.69) is 0 Å². The predicted octanol–water partition coefficient (Wildman–Crippen LogP) is 2.39. The quantitative estimate of drug-likeness (QED) is 0.808. The van der Waals surface area contributed by atoms with Crippen molar-refractivity contribution in [2.24, 2.45) is 5.92 Å². The SMILES string of the molecule is O=C(CCc1ccccc1)[C@H]1CCCN(S(=O)(=O)C2CC2)C1. The number of carbonyl (C=O) groups is 1. The largest absolute Gasteiger partial charge is 0.299 e. The molecule has 0 amide bonds. The topological polar surface area (TPSA) is 54.5 Å². The van der Waals surface area contributed by atoms with E-state index in [9.17, 15) is 13.2 Å². The number of ketones is 1. The summed E-state index contributed by atoms with van der Waals surface area (Å²) in [6.07, 6.45) is 4.44. The Bertz CT molecular complexity index is 623. The van der Waals surface area contributed by atoms with Gasteiger partial charge in [0.2, 0.25) is 10.0 Å². The third-order valence-electron chi connectivity index (χ3n) is 4.65. The fourth-order valence-electron chi connectivity index (χ4n) is 3.13. The van der Waals surface area contributed by atoms with Crippen molar-refractivity contribution in [3.8, 4) is 0 Å². The number of sulfonamides is 1. The van der Waals surface area contributed by atoms with Crippen molar-refractivity contribution < 1.29 is 13.2 Å². The molecule has 2 aliphatic rings. The number of aryl methyl sites for hydroxylation is 1. The minimum absolute atomic E-state index is 0.119. The summed E-state index contributed by atoms with van der Waals surface area (Å²) in [5.41, 5.74) is 1.16. The van der Waals surface area contributed by atoms with Gasteiger partial charge in [-0.1, -0.05) is 30.3 Å². The van der Waals surface area contributed by atoms with Gasteiger partial charge >= 0.3 is 0 Å². The van der Waals surface area contributed by atoms with Crippen LogP contribution in [0.25, 0.3) is 0 Å². The van der Waals surface area contributed by atoms with E-state index in [1.807, 2.05) is 30.3 Å². The fourth-order valence-corrected chi connectivity index (χ4v) is 5.05. The maximum Gasteiger partial charge on any atom is 0.217 e. The van der Waals surface area contributed by atoms with E-state index in [-0.39, 0.29) is 17.0 Å². The molecule has 2 fully saturated rings. The number of benzene rings is 1. The lowest BCUT2D eigenvalue weighted by Crippen LogP contribution is -2.43. The summed E-state index contributed by atoms with van der Waals surface area (Å²) in [6, 6.07) is 9.97. The third kappa shape index (κ3) is 3.58. The average molecular weight is 321 g/mol. The smallest absolute Gasteiger partial charge is 0.217 e. The maximum atomic E-state index is 12.4. The zero-order valence-electron chi connectivity index (χ0n) is 12.8. The maximum absolute atomic E-state index is 12.4. The molecule has 1 saturated carbocycles. The minimum atomic E-state index is -3.14. The van der Waals surface area contributed by atoms with Crippen LogP contribution in [0, 0.1) is 5.92 Å². The van der Waals surface area contributed by atoms with Crippen LogP contribution in [0.1, 0.15) is 37.7 Å². The minimum Gasteiger partial charge on any atom is -0.299 e. The first kappa shape index (κ1) is 15.7. The Hall–Kier alpha value is -1.20. The standard InChI is InChI=1S/C17H23NO3S/c19-17(11-8-14-5-2-1-3-6-14)15-7-4-12-18(13-15)22(20,21)16-9-10-16/h1-3,5-6,15-16H,4,7-13H2/t15-/m0/s1. The van der Waals surface area contributed by atoms with E-state index in [1.54, 1.807) is 4.31 Å². The second-order valence-electron chi connectivity index (χ2n) is 6.39. The lowest BCUT2D eigenvalue weighted by Gasteiger charge is -2.31. The molecule has 0 aromatic heterocycles. The Morgan fingerprint density at radius 2 is 1.86 bits per heavy atom. The van der Waals surface area contributed by atoms with E-state index in [1.165, 1.54) is 0 Å². The van der Waals surface area contributed by atoms with Crippen molar-refractivity contribution in [2.75, 3.05) is 13.1 Å². The van der Waals surface area contributed by atoms with Crippen LogP contribution >= 0.6 is 0 Å². The molecular formula is C17H23NO3S. The van der Waals surface area contributed by atoms with Crippen LogP contribution in [0.3, 0.4) is 0 Å². The van der Waals surface area contributed by atoms with Crippen LogP contribution in [-0.4, -0.2) is 36.8 Å². The van der Waals surface area contributed by atoms with Crippen LogP contribution < -0.4 is 0 Å². The van der Waals surface area contributed by atoms with E-state index in [0.717, 1.165) is 37.7 Å². The Labute approximate surface area is 132 Å². The number of piperidine rings is 1. The fraction of sp³-hybridized carbons (Fsp3) is 0.588. The van der Waals surface area contributed by atoms with Crippen molar-refractivity contribution in [1.82, 2.24) is 4.31 Å². The number of Topliss-reactive ketones (excluding diaryl/α,β-unsaturated/α-hetero) is 1. The van der Waals surface area contributed by atoms with Crippen LogP contribution in [-0.2, 0) is 21.2 Å². The molecule has 5 heteroatoms. The molecular weight excluding hydrogens is 298 g/mol. The summed E-state index contributed by atoms with van der Waals surface area (Å²) >= 11 is 0. The number of nitrogens with zero attached hydrogens (tertiary/aromatic N) is 1. The molecule has 1 saturated heterocycles. The molecule has 1 aromatic carbocycles. The van der Waals surface area contributed by atoms with E-state index < -0.39 is 10.0 Å². The monoisotopic (exact) mass is 321 g/mol. The highest BCUT2D eigenvalue weighted by atomic mass is 32.2. The lowest BCUT2D eigenvalue weighted by molar-refractivity contribution is -0.123. The molecule has 1 aliphatic heterocycles. The number of hydrogen-bond donors (Lipinski definition) is 0. The van der Waals surface area contributed by atoms with Gasteiger partial charge in [-0.2, -0.15) is 0 Å². The van der Waals surface area contributed by atoms with Gasteiger partial charge in [0.15, 0.2) is 0 Å². The Morgan fingerprint density at radius 3 is 2.55 bits per heavy atom. The highest BCUT2D eigenvalue weighted by Crippen LogP contribution is 2.33. The van der Waals surface area contributed by atoms with E-state index >= 15 is 0 Å². The van der Waals surface area contributed by atoms with Gasteiger partial charge in [0.25, 0.3) is 0 Å². The van der Waals surface area contributed by atoms with Gasteiger partial charge in [0.1, 0.15) is 5.78 Å². The Morgan fingerprint density at radius 1 is 1.14 bits per heavy atom. The second-order valence-corrected chi connectivity index (χ2v) is 8.61. The zero-order chi connectivity index (χ0) is 15.6. The summed E-state index contributed by atoms with van der Waals surface area (Å²) in [4.78, 5) is 12.4. The summed E-state index contributed by atoms with van der Waals surface area (Å²) in [6.45, 7) is 0.980. The van der Waals surface area contributed by atoms with Gasteiger partial charge in [-0.3, -0.25) is 4.79 Å². The normalized spacial score (nSPS) is 23.4. The van der Waals surface area contributed by atoms with Crippen molar-refractivity contribution in [2.45, 2.75) is 43.8 Å². The van der Waals surface area contributed by atoms with Gasteiger partial charge in [0, 0.05) is 25.4 Å². The molecule has 0 bridgehead atoms. The van der Waals surface area contributed by atoms with Crippen molar-refractivity contribution >= 4 is 15.8 Å². The molecule has 1 aromatic rings. The predicted molar refractivity (Wildman–Crippen MR) is 86.0 cm³/mol. The summed E-state index contributed by atoms with van der Waals surface area (Å²) < 4.78 is 26.2. The van der Waals surface area contributed by atoms with Gasteiger partial charge in [-0.15, -0.1) is 0 Å². The molecule has 1 aliphatic carbocycles. The molecule has 1 heterocycles. The van der Waals surface area contributed by atoms with Crippen molar-refractivity contribution in [1.29, 1.82) is 0 Å². The summed E-state index contributed by atoms with van der Waals surface area (Å²) in [5, 5.41) is -0.175. The van der Waals surface area contributed by atoms with Gasteiger partial charge in [-0.05, 0) is 37.7 Å². The van der Waals surface area contributed by atoms with E-state index in [0.29, 0.717) is 19.5 Å². The number of rotatable bonds is 6. The zero-order valence-corrected chi connectivity index (χ0v) is 13.6. The van der Waals surface area contributed by atoms with Crippen LogP contribution in [0.4, 0.5) is 0 Å². The first-order valence-corrected chi connectivity index (χ1v) is 9.63. The molecule has 1 atom stereocenters. The number of hydrogen-bond acceptors (Lipinski definition) is 3. The average Bonchev–Trinajstić information content (AvgIpc) is 3.39. The highest BCUT2D eigenvalue weighted by molar-refractivity contribution is 7.90.